The number of carbonyl (C=O) groups excluding carboxylic acids is 1. The monoisotopic (exact) mass is 436 g/mol. The number of ether oxygens (including phenoxy) is 2. The van der Waals surface area contributed by atoms with Gasteiger partial charge in [-0.15, -0.1) is 0 Å². The van der Waals surface area contributed by atoms with Crippen molar-refractivity contribution < 1.29 is 27.4 Å². The highest BCUT2D eigenvalue weighted by molar-refractivity contribution is 6.02. The van der Waals surface area contributed by atoms with Gasteiger partial charge in [0.1, 0.15) is 29.9 Å². The first kappa shape index (κ1) is 21.4. The highest BCUT2D eigenvalue weighted by Gasteiger charge is 2.32. The normalized spacial score (nSPS) is 23.0. The molecule has 1 amide bonds. The summed E-state index contributed by atoms with van der Waals surface area (Å²) in [4.78, 5) is 23.0. The van der Waals surface area contributed by atoms with E-state index in [1.54, 1.807) is 0 Å². The molecule has 10 heteroatoms. The Labute approximate surface area is 177 Å². The zero-order chi connectivity index (χ0) is 22.3. The van der Waals surface area contributed by atoms with Crippen LogP contribution >= 0.6 is 0 Å². The number of aromatic nitrogens is 2. The van der Waals surface area contributed by atoms with E-state index in [4.69, 9.17) is 9.47 Å². The molecule has 3 atom stereocenters. The number of anilines is 2. The number of carbonyl (C=O) groups is 1. The van der Waals surface area contributed by atoms with Gasteiger partial charge in [0.15, 0.2) is 23.3 Å². The van der Waals surface area contributed by atoms with Crippen LogP contribution in [0.3, 0.4) is 0 Å². The van der Waals surface area contributed by atoms with Gasteiger partial charge >= 0.3 is 0 Å². The predicted octanol–water partition coefficient (Wildman–Crippen LogP) is 3.01. The minimum atomic E-state index is -1.52. The zero-order valence-electron chi connectivity index (χ0n) is 17.4. The second-order valence-electron chi connectivity index (χ2n) is 7.97. The van der Waals surface area contributed by atoms with E-state index in [1.165, 1.54) is 0 Å². The summed E-state index contributed by atoms with van der Waals surface area (Å²) in [6.07, 6.45) is 0.983. The van der Waals surface area contributed by atoms with Gasteiger partial charge < -0.3 is 19.7 Å². The number of halogens is 3. The fourth-order valence-electron chi connectivity index (χ4n) is 3.80. The van der Waals surface area contributed by atoms with Crippen LogP contribution in [0, 0.1) is 30.3 Å². The number of hydrogen-bond acceptors (Lipinski definition) is 6. The van der Waals surface area contributed by atoms with Gasteiger partial charge in [0.05, 0.1) is 18.4 Å². The minimum absolute atomic E-state index is 0.0868. The van der Waals surface area contributed by atoms with E-state index in [9.17, 15) is 18.0 Å². The molecular formula is C21H23F3N4O3. The average Bonchev–Trinajstić information content (AvgIpc) is 3.17. The molecule has 1 saturated heterocycles. The van der Waals surface area contributed by atoms with Crippen molar-refractivity contribution in [3.8, 4) is 5.75 Å². The smallest absolute Gasteiger partial charge is 0.246 e. The van der Waals surface area contributed by atoms with Gasteiger partial charge in [0.2, 0.25) is 5.91 Å². The lowest BCUT2D eigenvalue weighted by molar-refractivity contribution is -0.117. The minimum Gasteiger partial charge on any atom is -0.491 e. The first-order chi connectivity index (χ1) is 14.7. The number of rotatable bonds is 5. The standard InChI is InChI=1S/C21H23F3N4O3/c1-10-19-20(28(3)11(2)21(29)27-19)26-17(25-10)5-12-4-14(30-8-12)9-31-13-6-15(22)18(24)16(23)7-13/h6-7,11-12,14H,4-5,8-9H2,1-3H3,(H,27,29)/t11-,12+,14-/m0/s1. The maximum Gasteiger partial charge on any atom is 0.246 e. The number of nitrogens with one attached hydrogen (secondary N) is 1. The molecule has 3 heterocycles. The molecule has 2 aliphatic heterocycles. The number of likely N-dealkylation sites (N-methyl/N-ethyl adjacent to an activating group) is 1. The summed E-state index contributed by atoms with van der Waals surface area (Å²) in [6.45, 7) is 4.21. The summed E-state index contributed by atoms with van der Waals surface area (Å²) in [7, 11) is 1.83. The maximum atomic E-state index is 13.3. The maximum absolute atomic E-state index is 13.3. The first-order valence-electron chi connectivity index (χ1n) is 10.0. The summed E-state index contributed by atoms with van der Waals surface area (Å²) in [5.41, 5.74) is 1.33. The number of hydrogen-bond donors (Lipinski definition) is 1. The van der Waals surface area contributed by atoms with Crippen LogP contribution in [0.5, 0.6) is 5.75 Å². The lowest BCUT2D eigenvalue weighted by Crippen LogP contribution is -2.45. The third-order valence-electron chi connectivity index (χ3n) is 5.69. The van der Waals surface area contributed by atoms with Crippen LogP contribution in [0.15, 0.2) is 12.1 Å². The van der Waals surface area contributed by atoms with Crippen molar-refractivity contribution in [2.75, 3.05) is 30.5 Å². The lowest BCUT2D eigenvalue weighted by Gasteiger charge is -2.32. The quantitative estimate of drug-likeness (QED) is 0.727. The Morgan fingerprint density at radius 1 is 1.26 bits per heavy atom. The SMILES string of the molecule is Cc1nc(C[C@@H]2CO[C@H](COc3cc(F)c(F)c(F)c3)C2)nc2c1NC(=O)[C@H](C)N2C. The Bertz CT molecular complexity index is 997. The molecule has 0 spiro atoms. The Morgan fingerprint density at radius 2 is 1.97 bits per heavy atom. The summed E-state index contributed by atoms with van der Waals surface area (Å²) >= 11 is 0. The Morgan fingerprint density at radius 3 is 2.68 bits per heavy atom. The van der Waals surface area contributed by atoms with E-state index in [0.29, 0.717) is 42.5 Å². The van der Waals surface area contributed by atoms with Crippen molar-refractivity contribution >= 4 is 17.4 Å². The number of fused-ring (bicyclic) bond motifs is 1. The fraction of sp³-hybridized carbons (Fsp3) is 0.476. The van der Waals surface area contributed by atoms with Crippen LogP contribution < -0.4 is 15.0 Å². The van der Waals surface area contributed by atoms with E-state index < -0.39 is 17.5 Å². The summed E-state index contributed by atoms with van der Waals surface area (Å²) in [5.74, 6) is -2.80. The summed E-state index contributed by atoms with van der Waals surface area (Å²) in [5, 5.41) is 2.86. The van der Waals surface area contributed by atoms with Crippen LogP contribution in [-0.2, 0) is 16.0 Å². The first-order valence-corrected chi connectivity index (χ1v) is 10.0. The van der Waals surface area contributed by atoms with E-state index in [-0.39, 0.29) is 36.3 Å². The van der Waals surface area contributed by atoms with Crippen molar-refractivity contribution in [1.29, 1.82) is 0 Å². The van der Waals surface area contributed by atoms with Crippen LogP contribution in [0.1, 0.15) is 24.9 Å². The van der Waals surface area contributed by atoms with Crippen LogP contribution in [0.2, 0.25) is 0 Å². The van der Waals surface area contributed by atoms with Gasteiger partial charge in [0.25, 0.3) is 0 Å². The lowest BCUT2D eigenvalue weighted by atomic mass is 10.0. The molecule has 2 aromatic rings. The molecule has 0 bridgehead atoms. The van der Waals surface area contributed by atoms with Gasteiger partial charge in [-0.05, 0) is 26.2 Å². The van der Waals surface area contributed by atoms with Crippen molar-refractivity contribution in [1.82, 2.24) is 9.97 Å². The fourth-order valence-corrected chi connectivity index (χ4v) is 3.80. The molecule has 4 rings (SSSR count). The van der Waals surface area contributed by atoms with Gasteiger partial charge in [-0.3, -0.25) is 4.79 Å². The molecule has 0 aliphatic carbocycles. The molecule has 1 aromatic carbocycles. The van der Waals surface area contributed by atoms with Crippen molar-refractivity contribution in [3.05, 3.63) is 41.1 Å². The summed E-state index contributed by atoms with van der Waals surface area (Å²) < 4.78 is 50.8. The molecule has 0 unspecified atom stereocenters. The second kappa shape index (κ2) is 8.33. The zero-order valence-corrected chi connectivity index (χ0v) is 17.4. The Balaban J connectivity index is 1.37. The van der Waals surface area contributed by atoms with E-state index in [2.05, 4.69) is 15.3 Å². The van der Waals surface area contributed by atoms with Gasteiger partial charge in [-0.25, -0.2) is 23.1 Å². The van der Waals surface area contributed by atoms with Crippen LogP contribution in [0.4, 0.5) is 24.7 Å². The van der Waals surface area contributed by atoms with E-state index >= 15 is 0 Å². The Kier molecular flexibility index (Phi) is 5.74. The third-order valence-corrected chi connectivity index (χ3v) is 5.69. The molecule has 7 nitrogen and oxygen atoms in total. The van der Waals surface area contributed by atoms with Gasteiger partial charge in [-0.1, -0.05) is 0 Å². The molecule has 1 fully saturated rings. The number of amides is 1. The van der Waals surface area contributed by atoms with Crippen LogP contribution in [0.25, 0.3) is 0 Å². The molecule has 1 N–H and O–H groups in total. The molecule has 31 heavy (non-hydrogen) atoms. The van der Waals surface area contributed by atoms with Crippen molar-refractivity contribution in [2.24, 2.45) is 5.92 Å². The third kappa shape index (κ3) is 4.30. The number of aryl methyl sites for hydroxylation is 1. The van der Waals surface area contributed by atoms with E-state index in [0.717, 1.165) is 12.1 Å². The topological polar surface area (TPSA) is 76.6 Å². The van der Waals surface area contributed by atoms with E-state index in [1.807, 2.05) is 25.8 Å². The molecule has 0 radical (unpaired) electrons. The second-order valence-corrected chi connectivity index (χ2v) is 7.97. The number of benzene rings is 1. The molecule has 2 aliphatic rings. The van der Waals surface area contributed by atoms with Gasteiger partial charge in [0, 0.05) is 25.6 Å². The number of nitrogens with zero attached hydrogens (tertiary/aromatic N) is 3. The van der Waals surface area contributed by atoms with Crippen molar-refractivity contribution in [3.63, 3.8) is 0 Å². The summed E-state index contributed by atoms with van der Waals surface area (Å²) in [6, 6.07) is 1.29. The highest BCUT2D eigenvalue weighted by Crippen LogP contribution is 2.32. The Hall–Kier alpha value is -2.88. The molecular weight excluding hydrogens is 413 g/mol. The van der Waals surface area contributed by atoms with Crippen LogP contribution in [-0.4, -0.2) is 48.3 Å². The predicted molar refractivity (Wildman–Crippen MR) is 107 cm³/mol. The average molecular weight is 436 g/mol. The molecule has 1 aromatic heterocycles. The largest absolute Gasteiger partial charge is 0.491 e. The molecule has 166 valence electrons. The van der Waals surface area contributed by atoms with Gasteiger partial charge in [-0.2, -0.15) is 0 Å². The highest BCUT2D eigenvalue weighted by atomic mass is 19.2. The van der Waals surface area contributed by atoms with Crippen molar-refractivity contribution in [2.45, 2.75) is 38.8 Å². The molecule has 0 saturated carbocycles.